The normalized spacial score (nSPS) is 10.9. The summed E-state index contributed by atoms with van der Waals surface area (Å²) >= 11 is 7.55. The highest BCUT2D eigenvalue weighted by atomic mass is 35.5. The van der Waals surface area contributed by atoms with Crippen LogP contribution < -0.4 is 10.6 Å². The van der Waals surface area contributed by atoms with Crippen LogP contribution in [0.1, 0.15) is 31.9 Å². The summed E-state index contributed by atoms with van der Waals surface area (Å²) in [6, 6.07) is 33.0. The molecule has 7 heteroatoms. The van der Waals surface area contributed by atoms with Crippen molar-refractivity contribution < 1.29 is 14.4 Å². The van der Waals surface area contributed by atoms with Gasteiger partial charge in [0.15, 0.2) is 5.78 Å². The summed E-state index contributed by atoms with van der Waals surface area (Å²) in [7, 11) is 0. The Hall–Kier alpha value is -4.78. The lowest BCUT2D eigenvalue weighted by atomic mass is 10.0. The van der Waals surface area contributed by atoms with Gasteiger partial charge in [0, 0.05) is 37.7 Å². The molecule has 0 aliphatic heterocycles. The van der Waals surface area contributed by atoms with Crippen LogP contribution in [0.2, 0.25) is 5.02 Å². The Morgan fingerprint density at radius 3 is 2.29 bits per heavy atom. The van der Waals surface area contributed by atoms with E-state index in [4.69, 9.17) is 11.6 Å². The third-order valence-electron chi connectivity index (χ3n) is 6.48. The van der Waals surface area contributed by atoms with E-state index in [0.29, 0.717) is 22.0 Å². The molecule has 4 aromatic carbocycles. The van der Waals surface area contributed by atoms with Crippen molar-refractivity contribution in [3.8, 4) is 10.4 Å². The molecule has 0 saturated heterocycles. The first-order valence-corrected chi connectivity index (χ1v) is 14.5. The van der Waals surface area contributed by atoms with Crippen LogP contribution in [0.5, 0.6) is 0 Å². The van der Waals surface area contributed by atoms with Gasteiger partial charge in [-0.05, 0) is 66.6 Å². The Kier molecular flexibility index (Phi) is 9.07. The number of thiophene rings is 1. The van der Waals surface area contributed by atoms with Gasteiger partial charge in [-0.25, -0.2) is 0 Å². The van der Waals surface area contributed by atoms with Gasteiger partial charge in [-0.15, -0.1) is 11.3 Å². The van der Waals surface area contributed by atoms with Crippen molar-refractivity contribution in [2.24, 2.45) is 0 Å². The van der Waals surface area contributed by atoms with Crippen LogP contribution in [0.3, 0.4) is 0 Å². The van der Waals surface area contributed by atoms with Gasteiger partial charge < -0.3 is 10.6 Å². The number of carbonyl (C=O) groups is 3. The summed E-state index contributed by atoms with van der Waals surface area (Å²) in [5.41, 5.74) is 4.61. The van der Waals surface area contributed by atoms with E-state index < -0.39 is 0 Å². The number of ketones is 1. The smallest absolute Gasteiger partial charge is 0.248 e. The van der Waals surface area contributed by atoms with E-state index in [1.807, 2.05) is 73.7 Å². The van der Waals surface area contributed by atoms with E-state index in [1.165, 1.54) is 6.08 Å². The third-order valence-corrected chi connectivity index (χ3v) is 7.83. The maximum absolute atomic E-state index is 13.4. The standard InChI is InChI=1S/C35H27ClN2O3S/c1-23-7-9-24(10-8-23)21-34(40)38-31-18-15-28(22-30(31)35(41)26-5-3-2-4-6-26)37-33(39)20-17-29-16-19-32(42-29)25-11-13-27(36)14-12-25/h2-20,22H,21H2,1H3,(H,37,39)(H,38,40)/b20-17+. The average molecular weight is 591 g/mol. The molecular formula is C35H27ClN2O3S. The highest BCUT2D eigenvalue weighted by Gasteiger charge is 2.17. The molecule has 1 heterocycles. The molecule has 208 valence electrons. The van der Waals surface area contributed by atoms with E-state index in [2.05, 4.69) is 10.6 Å². The molecule has 42 heavy (non-hydrogen) atoms. The molecular weight excluding hydrogens is 564 g/mol. The van der Waals surface area contributed by atoms with Gasteiger partial charge in [0.05, 0.1) is 12.1 Å². The van der Waals surface area contributed by atoms with E-state index in [0.717, 1.165) is 26.4 Å². The van der Waals surface area contributed by atoms with Crippen LogP contribution in [0.15, 0.2) is 115 Å². The van der Waals surface area contributed by atoms with Gasteiger partial charge in [-0.3, -0.25) is 14.4 Å². The summed E-state index contributed by atoms with van der Waals surface area (Å²) in [6.45, 7) is 1.99. The summed E-state index contributed by atoms with van der Waals surface area (Å²) in [6.07, 6.45) is 3.37. The molecule has 0 fully saturated rings. The fourth-order valence-corrected chi connectivity index (χ4v) is 5.35. The minimum atomic E-state index is -0.342. The number of aryl methyl sites for hydroxylation is 1. The Morgan fingerprint density at radius 1 is 0.810 bits per heavy atom. The molecule has 0 radical (unpaired) electrons. The quantitative estimate of drug-likeness (QED) is 0.134. The van der Waals surface area contributed by atoms with Crippen LogP contribution in [0, 0.1) is 6.92 Å². The van der Waals surface area contributed by atoms with E-state index >= 15 is 0 Å². The maximum atomic E-state index is 13.4. The Bertz CT molecular complexity index is 1760. The first kappa shape index (κ1) is 28.7. The van der Waals surface area contributed by atoms with Crippen molar-refractivity contribution in [2.75, 3.05) is 10.6 Å². The zero-order chi connectivity index (χ0) is 29.5. The molecule has 0 saturated carbocycles. The summed E-state index contributed by atoms with van der Waals surface area (Å²) in [4.78, 5) is 41.1. The first-order valence-electron chi connectivity index (χ1n) is 13.3. The van der Waals surface area contributed by atoms with Crippen molar-refractivity contribution in [1.29, 1.82) is 0 Å². The second-order valence-corrected chi connectivity index (χ2v) is 11.2. The Labute approximate surface area is 253 Å². The minimum Gasteiger partial charge on any atom is -0.325 e. The van der Waals surface area contributed by atoms with Crippen LogP contribution in [-0.4, -0.2) is 17.6 Å². The number of benzene rings is 4. The number of nitrogens with one attached hydrogen (secondary N) is 2. The fraction of sp³-hybridized carbons (Fsp3) is 0.0571. The van der Waals surface area contributed by atoms with Gasteiger partial charge in [-0.1, -0.05) is 83.9 Å². The zero-order valence-electron chi connectivity index (χ0n) is 22.8. The lowest BCUT2D eigenvalue weighted by Gasteiger charge is -2.13. The topological polar surface area (TPSA) is 75.3 Å². The molecule has 2 amide bonds. The zero-order valence-corrected chi connectivity index (χ0v) is 24.3. The Balaban J connectivity index is 1.32. The number of carbonyl (C=O) groups excluding carboxylic acids is 3. The molecule has 0 bridgehead atoms. The van der Waals surface area contributed by atoms with Gasteiger partial charge >= 0.3 is 0 Å². The van der Waals surface area contributed by atoms with Crippen molar-refractivity contribution in [2.45, 2.75) is 13.3 Å². The van der Waals surface area contributed by atoms with Gasteiger partial charge in [0.1, 0.15) is 0 Å². The number of hydrogen-bond donors (Lipinski definition) is 2. The summed E-state index contributed by atoms with van der Waals surface area (Å²) in [5.74, 6) is -0.846. The lowest BCUT2D eigenvalue weighted by molar-refractivity contribution is -0.115. The van der Waals surface area contributed by atoms with Gasteiger partial charge in [0.2, 0.25) is 11.8 Å². The maximum Gasteiger partial charge on any atom is 0.248 e. The fourth-order valence-electron chi connectivity index (χ4n) is 4.30. The number of halogens is 1. The number of rotatable bonds is 9. The third kappa shape index (κ3) is 7.49. The summed E-state index contributed by atoms with van der Waals surface area (Å²) in [5, 5.41) is 6.39. The van der Waals surface area contributed by atoms with Crippen LogP contribution >= 0.6 is 22.9 Å². The second kappa shape index (κ2) is 13.3. The van der Waals surface area contributed by atoms with Crippen LogP contribution in [-0.2, 0) is 16.0 Å². The van der Waals surface area contributed by atoms with Crippen molar-refractivity contribution in [1.82, 2.24) is 0 Å². The van der Waals surface area contributed by atoms with Crippen molar-refractivity contribution in [3.05, 3.63) is 147 Å². The number of amides is 2. The first-order chi connectivity index (χ1) is 20.3. The van der Waals surface area contributed by atoms with E-state index in [9.17, 15) is 14.4 Å². The lowest BCUT2D eigenvalue weighted by Crippen LogP contribution is -2.18. The summed E-state index contributed by atoms with van der Waals surface area (Å²) < 4.78 is 0. The molecule has 1 aromatic heterocycles. The highest BCUT2D eigenvalue weighted by Crippen LogP contribution is 2.30. The van der Waals surface area contributed by atoms with Crippen molar-refractivity contribution in [3.63, 3.8) is 0 Å². The molecule has 5 nitrogen and oxygen atoms in total. The Morgan fingerprint density at radius 2 is 1.55 bits per heavy atom. The molecule has 0 unspecified atom stereocenters. The molecule has 0 spiro atoms. The molecule has 5 rings (SSSR count). The minimum absolute atomic E-state index is 0.172. The number of anilines is 2. The van der Waals surface area contributed by atoms with E-state index in [-0.39, 0.29) is 29.6 Å². The van der Waals surface area contributed by atoms with Gasteiger partial charge in [-0.2, -0.15) is 0 Å². The molecule has 5 aromatic rings. The average Bonchev–Trinajstić information content (AvgIpc) is 3.48. The molecule has 0 atom stereocenters. The molecule has 0 aliphatic rings. The predicted octanol–water partition coefficient (Wildman–Crippen LogP) is 8.44. The monoisotopic (exact) mass is 590 g/mol. The predicted molar refractivity (Wildman–Crippen MR) is 172 cm³/mol. The largest absolute Gasteiger partial charge is 0.325 e. The van der Waals surface area contributed by atoms with Gasteiger partial charge in [0.25, 0.3) is 0 Å². The van der Waals surface area contributed by atoms with Crippen LogP contribution in [0.4, 0.5) is 11.4 Å². The number of hydrogen-bond acceptors (Lipinski definition) is 4. The van der Waals surface area contributed by atoms with E-state index in [1.54, 1.807) is 59.9 Å². The van der Waals surface area contributed by atoms with Crippen LogP contribution in [0.25, 0.3) is 16.5 Å². The highest BCUT2D eigenvalue weighted by molar-refractivity contribution is 7.16. The SMILES string of the molecule is Cc1ccc(CC(=O)Nc2ccc(NC(=O)/C=C/c3ccc(-c4ccc(Cl)cc4)s3)cc2C(=O)c2ccccc2)cc1. The molecule has 2 N–H and O–H groups in total. The van der Waals surface area contributed by atoms with Crippen molar-refractivity contribution >= 4 is 58.0 Å². The second-order valence-electron chi connectivity index (χ2n) is 9.70. The molecule has 0 aliphatic carbocycles.